The second-order valence-electron chi connectivity index (χ2n) is 5.22. The molecule has 0 atom stereocenters. The molecule has 0 spiro atoms. The summed E-state index contributed by atoms with van der Waals surface area (Å²) in [6.45, 7) is 7.32. The van der Waals surface area contributed by atoms with Crippen LogP contribution in [0.2, 0.25) is 0 Å². The van der Waals surface area contributed by atoms with Crippen LogP contribution in [0.15, 0.2) is 28.9 Å². The van der Waals surface area contributed by atoms with Gasteiger partial charge in [-0.15, -0.1) is 0 Å². The van der Waals surface area contributed by atoms with Crippen LogP contribution in [-0.2, 0) is 6.54 Å². The Hall–Kier alpha value is -1.49. The highest BCUT2D eigenvalue weighted by atomic mass is 79.9. The number of rotatable bonds is 5. The number of imidazole rings is 1. The van der Waals surface area contributed by atoms with E-state index < -0.39 is 0 Å². The van der Waals surface area contributed by atoms with Gasteiger partial charge in [-0.1, -0.05) is 29.8 Å². The molecule has 0 radical (unpaired) electrons. The summed E-state index contributed by atoms with van der Waals surface area (Å²) >= 11 is 3.48. The number of nitrogens with zero attached hydrogens (tertiary/aromatic N) is 2. The Morgan fingerprint density at radius 1 is 1.40 bits per heavy atom. The van der Waals surface area contributed by atoms with Crippen LogP contribution in [0.4, 0.5) is 11.6 Å². The van der Waals surface area contributed by atoms with Gasteiger partial charge in [0.25, 0.3) is 0 Å². The average molecular weight is 338 g/mol. The lowest BCUT2D eigenvalue weighted by Crippen LogP contribution is -2.08. The maximum absolute atomic E-state index is 5.38. The number of aromatic nitrogens is 2. The predicted octanol–water partition coefficient (Wildman–Crippen LogP) is 4.36. The first kappa shape index (κ1) is 14.9. The van der Waals surface area contributed by atoms with E-state index in [1.165, 1.54) is 0 Å². The third-order valence-electron chi connectivity index (χ3n) is 2.87. The van der Waals surface area contributed by atoms with E-state index in [0.717, 1.165) is 34.1 Å². The summed E-state index contributed by atoms with van der Waals surface area (Å²) in [5, 5.41) is 3.36. The first-order chi connectivity index (χ1) is 9.49. The zero-order chi connectivity index (χ0) is 14.7. The molecule has 0 aliphatic heterocycles. The van der Waals surface area contributed by atoms with Gasteiger partial charge in [0.05, 0.1) is 18.5 Å². The molecule has 1 aromatic heterocycles. The number of aryl methyl sites for hydroxylation is 1. The molecule has 0 amide bonds. The molecule has 0 saturated carbocycles. The molecular weight excluding hydrogens is 318 g/mol. The number of methoxy groups -OCH3 is 1. The minimum atomic E-state index is 0.563. The molecule has 1 N–H and O–H groups in total. The van der Waals surface area contributed by atoms with Gasteiger partial charge in [-0.25, -0.2) is 4.98 Å². The van der Waals surface area contributed by atoms with Gasteiger partial charge in [0.1, 0.15) is 5.75 Å². The molecule has 0 aliphatic carbocycles. The van der Waals surface area contributed by atoms with Gasteiger partial charge in [-0.05, 0) is 31.0 Å². The number of hydrogen-bond acceptors (Lipinski definition) is 3. The summed E-state index contributed by atoms with van der Waals surface area (Å²) < 4.78 is 8.52. The lowest BCUT2D eigenvalue weighted by atomic mass is 10.2. The smallest absolute Gasteiger partial charge is 0.207 e. The molecule has 1 aromatic carbocycles. The molecule has 0 fully saturated rings. The second kappa shape index (κ2) is 6.31. The highest BCUT2D eigenvalue weighted by Gasteiger charge is 2.10. The highest BCUT2D eigenvalue weighted by Crippen LogP contribution is 2.30. The zero-order valence-corrected chi connectivity index (χ0v) is 13.9. The van der Waals surface area contributed by atoms with Crippen molar-refractivity contribution in [1.82, 2.24) is 9.55 Å². The van der Waals surface area contributed by atoms with Crippen molar-refractivity contribution < 1.29 is 4.74 Å². The Bertz CT molecular complexity index is 593. The Morgan fingerprint density at radius 2 is 2.15 bits per heavy atom. The molecule has 0 bridgehead atoms. The monoisotopic (exact) mass is 337 g/mol. The topological polar surface area (TPSA) is 39.1 Å². The summed E-state index contributed by atoms with van der Waals surface area (Å²) in [5.74, 6) is 2.20. The van der Waals surface area contributed by atoms with Crippen LogP contribution in [0.3, 0.4) is 0 Å². The van der Waals surface area contributed by atoms with E-state index in [1.807, 2.05) is 25.1 Å². The molecular formula is C15H20BrN3O. The zero-order valence-electron chi connectivity index (χ0n) is 12.3. The van der Waals surface area contributed by atoms with Gasteiger partial charge in [-0.2, -0.15) is 0 Å². The molecule has 5 heteroatoms. The van der Waals surface area contributed by atoms with E-state index in [9.17, 15) is 0 Å². The van der Waals surface area contributed by atoms with Crippen molar-refractivity contribution in [2.45, 2.75) is 27.3 Å². The third-order valence-corrected chi connectivity index (χ3v) is 3.36. The van der Waals surface area contributed by atoms with Crippen LogP contribution in [-0.4, -0.2) is 16.7 Å². The lowest BCUT2D eigenvalue weighted by molar-refractivity contribution is 0.416. The van der Waals surface area contributed by atoms with Crippen LogP contribution in [0.1, 0.15) is 19.5 Å². The molecule has 1 heterocycles. The fourth-order valence-electron chi connectivity index (χ4n) is 2.08. The van der Waals surface area contributed by atoms with Crippen LogP contribution in [0, 0.1) is 12.8 Å². The molecule has 4 nitrogen and oxygen atoms in total. The molecule has 2 rings (SSSR count). The Balaban J connectivity index is 2.32. The molecule has 108 valence electrons. The first-order valence-corrected chi connectivity index (χ1v) is 7.43. The summed E-state index contributed by atoms with van der Waals surface area (Å²) in [7, 11) is 1.67. The van der Waals surface area contributed by atoms with Crippen LogP contribution < -0.4 is 10.1 Å². The summed E-state index contributed by atoms with van der Waals surface area (Å²) in [5.41, 5.74) is 1.90. The van der Waals surface area contributed by atoms with Crippen LogP contribution in [0.5, 0.6) is 5.75 Å². The van der Waals surface area contributed by atoms with E-state index >= 15 is 0 Å². The molecule has 20 heavy (non-hydrogen) atoms. The second-order valence-corrected chi connectivity index (χ2v) is 6.14. The summed E-state index contributed by atoms with van der Waals surface area (Å²) in [6.07, 6.45) is 2.06. The van der Waals surface area contributed by atoms with Crippen molar-refractivity contribution in [2.75, 3.05) is 12.4 Å². The fraction of sp³-hybridized carbons (Fsp3) is 0.400. The van der Waals surface area contributed by atoms with Crippen molar-refractivity contribution >= 4 is 27.6 Å². The number of nitrogens with one attached hydrogen (secondary N) is 1. The van der Waals surface area contributed by atoms with Crippen LogP contribution in [0.25, 0.3) is 0 Å². The normalized spacial score (nSPS) is 10.9. The Kier molecular flexibility index (Phi) is 4.70. The highest BCUT2D eigenvalue weighted by molar-refractivity contribution is 9.10. The van der Waals surface area contributed by atoms with E-state index in [4.69, 9.17) is 4.74 Å². The molecule has 0 saturated heterocycles. The van der Waals surface area contributed by atoms with Crippen molar-refractivity contribution in [3.63, 3.8) is 0 Å². The molecule has 2 aromatic rings. The largest absolute Gasteiger partial charge is 0.495 e. The van der Waals surface area contributed by atoms with Crippen molar-refractivity contribution in [2.24, 2.45) is 5.92 Å². The van der Waals surface area contributed by atoms with Gasteiger partial charge in [0, 0.05) is 17.2 Å². The maximum Gasteiger partial charge on any atom is 0.207 e. The van der Waals surface area contributed by atoms with Gasteiger partial charge < -0.3 is 14.6 Å². The molecule has 0 unspecified atom stereocenters. The average Bonchev–Trinajstić information content (AvgIpc) is 2.69. The summed E-state index contributed by atoms with van der Waals surface area (Å²) in [6, 6.07) is 5.87. The quantitative estimate of drug-likeness (QED) is 0.880. The minimum Gasteiger partial charge on any atom is -0.495 e. The standard InChI is InChI=1S/C15H20BrN3O/c1-10(2)8-19-9-11(3)17-15(19)18-13-7-12(16)5-6-14(13)20-4/h5-7,9-10H,8H2,1-4H3,(H,17,18). The summed E-state index contributed by atoms with van der Waals surface area (Å²) in [4.78, 5) is 4.55. The van der Waals surface area contributed by atoms with Gasteiger partial charge in [0.15, 0.2) is 0 Å². The third kappa shape index (κ3) is 3.54. The van der Waals surface area contributed by atoms with Gasteiger partial charge in [-0.3, -0.25) is 0 Å². The first-order valence-electron chi connectivity index (χ1n) is 6.64. The number of ether oxygens (including phenoxy) is 1. The number of benzene rings is 1. The number of halogens is 1. The number of hydrogen-bond donors (Lipinski definition) is 1. The number of anilines is 2. The lowest BCUT2D eigenvalue weighted by Gasteiger charge is -2.14. The predicted molar refractivity (Wildman–Crippen MR) is 85.8 cm³/mol. The Morgan fingerprint density at radius 3 is 2.80 bits per heavy atom. The minimum absolute atomic E-state index is 0.563. The van der Waals surface area contributed by atoms with Crippen molar-refractivity contribution in [3.05, 3.63) is 34.6 Å². The Labute approximate surface area is 128 Å². The van der Waals surface area contributed by atoms with Crippen molar-refractivity contribution in [1.29, 1.82) is 0 Å². The SMILES string of the molecule is COc1ccc(Br)cc1Nc1nc(C)cn1CC(C)C. The van der Waals surface area contributed by atoms with Gasteiger partial charge >= 0.3 is 0 Å². The fourth-order valence-corrected chi connectivity index (χ4v) is 2.44. The van der Waals surface area contributed by atoms with Crippen molar-refractivity contribution in [3.8, 4) is 5.75 Å². The van der Waals surface area contributed by atoms with Crippen LogP contribution >= 0.6 is 15.9 Å². The molecule has 0 aliphatic rings. The van der Waals surface area contributed by atoms with E-state index in [2.05, 4.69) is 50.8 Å². The maximum atomic E-state index is 5.38. The van der Waals surface area contributed by atoms with Gasteiger partial charge in [0.2, 0.25) is 5.95 Å². The van der Waals surface area contributed by atoms with E-state index in [0.29, 0.717) is 5.92 Å². The van der Waals surface area contributed by atoms with E-state index in [-0.39, 0.29) is 0 Å². The van der Waals surface area contributed by atoms with E-state index in [1.54, 1.807) is 7.11 Å².